The summed E-state index contributed by atoms with van der Waals surface area (Å²) in [5, 5.41) is 5.07. The first-order valence-corrected chi connectivity index (χ1v) is 7.75. The normalized spacial score (nSPS) is 11.7. The van der Waals surface area contributed by atoms with Crippen molar-refractivity contribution >= 4 is 39.4 Å². The van der Waals surface area contributed by atoms with Crippen LogP contribution in [0.4, 0.5) is 0 Å². The van der Waals surface area contributed by atoms with E-state index in [0.717, 1.165) is 5.56 Å². The molecule has 118 valence electrons. The predicted molar refractivity (Wildman–Crippen MR) is 88.3 cm³/mol. The van der Waals surface area contributed by atoms with Crippen LogP contribution in [-0.4, -0.2) is 34.8 Å². The molecule has 3 aromatic rings. The molecule has 0 saturated heterocycles. The maximum atomic E-state index is 11.8. The number of methoxy groups -OCH3 is 2. The number of ether oxygens (including phenoxy) is 2. The number of carbonyl (C=O) groups is 1. The van der Waals surface area contributed by atoms with Gasteiger partial charge in [-0.05, 0) is 24.3 Å². The zero-order valence-electron chi connectivity index (χ0n) is 12.3. The van der Waals surface area contributed by atoms with E-state index >= 15 is 0 Å². The Balaban J connectivity index is 1.98. The highest BCUT2D eigenvalue weighted by atomic mass is 35.5. The van der Waals surface area contributed by atoms with Gasteiger partial charge in [-0.1, -0.05) is 22.9 Å². The van der Waals surface area contributed by atoms with E-state index in [0.29, 0.717) is 26.3 Å². The molecule has 0 amide bonds. The lowest BCUT2D eigenvalue weighted by Crippen LogP contribution is -2.03. The number of carbonyl (C=O) groups excluding carboxylic acids is 1. The van der Waals surface area contributed by atoms with Crippen LogP contribution in [0, 0.1) is 0 Å². The number of hydrogen-bond acceptors (Lipinski definition) is 6. The van der Waals surface area contributed by atoms with Crippen LogP contribution in [-0.2, 0) is 14.3 Å². The Bertz CT molecular complexity index is 852. The molecule has 2 heterocycles. The van der Waals surface area contributed by atoms with Gasteiger partial charge in [-0.15, -0.1) is 5.10 Å². The van der Waals surface area contributed by atoms with E-state index in [1.54, 1.807) is 22.8 Å². The number of rotatable bonds is 4. The number of fused-ring (bicyclic) bond motifs is 1. The van der Waals surface area contributed by atoms with Gasteiger partial charge in [0, 0.05) is 10.6 Å². The minimum atomic E-state index is -0.478. The largest absolute Gasteiger partial charge is 0.503 e. The smallest absolute Gasteiger partial charge is 0.342 e. The molecule has 0 fully saturated rings. The monoisotopic (exact) mass is 349 g/mol. The van der Waals surface area contributed by atoms with Crippen LogP contribution in [0.1, 0.15) is 4.88 Å². The van der Waals surface area contributed by atoms with Gasteiger partial charge in [0.1, 0.15) is 5.57 Å². The average Bonchev–Trinajstić information content (AvgIpc) is 3.11. The summed E-state index contributed by atoms with van der Waals surface area (Å²) in [6.45, 7) is 0. The fourth-order valence-corrected chi connectivity index (χ4v) is 3.01. The van der Waals surface area contributed by atoms with Gasteiger partial charge in [0.25, 0.3) is 0 Å². The third-order valence-corrected chi connectivity index (χ3v) is 4.31. The summed E-state index contributed by atoms with van der Waals surface area (Å²) in [6, 6.07) is 7.28. The van der Waals surface area contributed by atoms with Gasteiger partial charge in [-0.2, -0.15) is 4.98 Å². The summed E-state index contributed by atoms with van der Waals surface area (Å²) in [7, 11) is 2.79. The van der Waals surface area contributed by atoms with E-state index in [-0.39, 0.29) is 0 Å². The van der Waals surface area contributed by atoms with Crippen LogP contribution < -0.4 is 0 Å². The van der Waals surface area contributed by atoms with Crippen molar-refractivity contribution in [1.29, 1.82) is 0 Å². The molecule has 8 heteroatoms. The number of halogens is 1. The Kier molecular flexibility index (Phi) is 4.31. The van der Waals surface area contributed by atoms with Gasteiger partial charge in [-0.25, -0.2) is 9.31 Å². The van der Waals surface area contributed by atoms with Crippen molar-refractivity contribution in [2.75, 3.05) is 14.2 Å². The molecule has 2 aromatic heterocycles. The summed E-state index contributed by atoms with van der Waals surface area (Å²) in [6.07, 6.45) is 3.06. The highest BCUT2D eigenvalue weighted by Gasteiger charge is 2.18. The Labute approximate surface area is 140 Å². The zero-order chi connectivity index (χ0) is 16.4. The van der Waals surface area contributed by atoms with Crippen LogP contribution in [0.5, 0.6) is 0 Å². The molecule has 0 spiro atoms. The highest BCUT2D eigenvalue weighted by Crippen LogP contribution is 2.27. The van der Waals surface area contributed by atoms with E-state index < -0.39 is 5.97 Å². The maximum Gasteiger partial charge on any atom is 0.342 e. The molecular formula is C15H12ClN3O3S. The molecule has 0 aliphatic carbocycles. The standard InChI is InChI=1S/C15H12ClN3O3S/c1-21-8-11(14(20)22-2)12-7-19-15(23-12)17-13(18-19)9-3-5-10(16)6-4-9/h3-8H,1-2H3. The highest BCUT2D eigenvalue weighted by molar-refractivity contribution is 7.18. The average molecular weight is 350 g/mol. The fourth-order valence-electron chi connectivity index (χ4n) is 1.98. The fraction of sp³-hybridized carbons (Fsp3) is 0.133. The third kappa shape index (κ3) is 3.06. The second-order valence-electron chi connectivity index (χ2n) is 4.52. The van der Waals surface area contributed by atoms with Gasteiger partial charge in [-0.3, -0.25) is 0 Å². The van der Waals surface area contributed by atoms with Gasteiger partial charge >= 0.3 is 5.97 Å². The molecule has 0 atom stereocenters. The van der Waals surface area contributed by atoms with Gasteiger partial charge in [0.2, 0.25) is 4.96 Å². The maximum absolute atomic E-state index is 11.8. The quantitative estimate of drug-likeness (QED) is 0.411. The Morgan fingerprint density at radius 2 is 2.04 bits per heavy atom. The van der Waals surface area contributed by atoms with Crippen molar-refractivity contribution < 1.29 is 14.3 Å². The summed E-state index contributed by atoms with van der Waals surface area (Å²) in [5.41, 5.74) is 1.19. The van der Waals surface area contributed by atoms with Gasteiger partial charge in [0.15, 0.2) is 5.82 Å². The lowest BCUT2D eigenvalue weighted by atomic mass is 10.2. The van der Waals surface area contributed by atoms with E-state index in [1.807, 2.05) is 12.1 Å². The minimum Gasteiger partial charge on any atom is -0.503 e. The van der Waals surface area contributed by atoms with Crippen molar-refractivity contribution in [3.63, 3.8) is 0 Å². The number of esters is 1. The van der Waals surface area contributed by atoms with Crippen molar-refractivity contribution in [2.45, 2.75) is 0 Å². The number of nitrogens with zero attached hydrogens (tertiary/aromatic N) is 3. The number of aromatic nitrogens is 3. The van der Waals surface area contributed by atoms with E-state index in [9.17, 15) is 4.79 Å². The number of benzene rings is 1. The van der Waals surface area contributed by atoms with Gasteiger partial charge < -0.3 is 9.47 Å². The Hall–Kier alpha value is -2.38. The molecule has 0 unspecified atom stereocenters. The van der Waals surface area contributed by atoms with Gasteiger partial charge in [0.05, 0.1) is 31.6 Å². The first-order chi connectivity index (χ1) is 11.1. The molecule has 0 aliphatic heterocycles. The molecule has 0 saturated carbocycles. The van der Waals surface area contributed by atoms with Crippen LogP contribution in [0.25, 0.3) is 21.9 Å². The van der Waals surface area contributed by atoms with Crippen LogP contribution in [0.3, 0.4) is 0 Å². The molecule has 1 aromatic carbocycles. The van der Waals surface area contributed by atoms with Crippen LogP contribution in [0.15, 0.2) is 36.7 Å². The van der Waals surface area contributed by atoms with E-state index in [4.69, 9.17) is 21.1 Å². The summed E-state index contributed by atoms with van der Waals surface area (Å²) in [5.74, 6) is 0.115. The number of hydrogen-bond donors (Lipinski definition) is 0. The van der Waals surface area contributed by atoms with E-state index in [1.165, 1.54) is 31.8 Å². The molecule has 3 rings (SSSR count). The Morgan fingerprint density at radius 3 is 2.65 bits per heavy atom. The summed E-state index contributed by atoms with van der Waals surface area (Å²) in [4.78, 5) is 17.6. The van der Waals surface area contributed by atoms with Crippen molar-refractivity contribution in [2.24, 2.45) is 0 Å². The molecule has 0 aliphatic rings. The third-order valence-electron chi connectivity index (χ3n) is 3.05. The molecule has 23 heavy (non-hydrogen) atoms. The first kappa shape index (κ1) is 15.5. The minimum absolute atomic E-state index is 0.320. The van der Waals surface area contributed by atoms with Crippen molar-refractivity contribution in [1.82, 2.24) is 14.6 Å². The van der Waals surface area contributed by atoms with Crippen molar-refractivity contribution in [3.8, 4) is 11.4 Å². The number of thiazole rings is 1. The lowest BCUT2D eigenvalue weighted by Gasteiger charge is -2.01. The second kappa shape index (κ2) is 6.39. The first-order valence-electron chi connectivity index (χ1n) is 6.56. The summed E-state index contributed by atoms with van der Waals surface area (Å²) < 4.78 is 11.3. The molecule has 0 radical (unpaired) electrons. The van der Waals surface area contributed by atoms with Crippen LogP contribution >= 0.6 is 22.9 Å². The predicted octanol–water partition coefficient (Wildman–Crippen LogP) is 3.27. The molecular weight excluding hydrogens is 338 g/mol. The summed E-state index contributed by atoms with van der Waals surface area (Å²) >= 11 is 7.20. The van der Waals surface area contributed by atoms with E-state index in [2.05, 4.69) is 10.1 Å². The Morgan fingerprint density at radius 1 is 1.30 bits per heavy atom. The topological polar surface area (TPSA) is 65.7 Å². The lowest BCUT2D eigenvalue weighted by molar-refractivity contribution is -0.133. The molecule has 0 N–H and O–H groups in total. The van der Waals surface area contributed by atoms with Crippen molar-refractivity contribution in [3.05, 3.63) is 46.6 Å². The molecule has 0 bridgehead atoms. The second-order valence-corrected chi connectivity index (χ2v) is 5.97. The van der Waals surface area contributed by atoms with Crippen LogP contribution in [0.2, 0.25) is 5.02 Å². The molecule has 6 nitrogen and oxygen atoms in total. The SMILES string of the molecule is COC=C(C(=O)OC)c1cn2nc(-c3ccc(Cl)cc3)nc2s1. The zero-order valence-corrected chi connectivity index (χ0v) is 13.9.